The first-order chi connectivity index (χ1) is 6.24. The van der Waals surface area contributed by atoms with Crippen LogP contribution in [0.5, 0.6) is 0 Å². The van der Waals surface area contributed by atoms with Crippen molar-refractivity contribution in [3.05, 3.63) is 0 Å². The highest BCUT2D eigenvalue weighted by Crippen LogP contribution is 2.20. The molecule has 0 bridgehead atoms. The van der Waals surface area contributed by atoms with E-state index in [4.69, 9.17) is 16.2 Å². The second-order valence-electron chi connectivity index (χ2n) is 3.66. The van der Waals surface area contributed by atoms with E-state index in [1.54, 1.807) is 0 Å². The summed E-state index contributed by atoms with van der Waals surface area (Å²) in [6, 6.07) is 0.538. The minimum absolute atomic E-state index is 0.246. The third-order valence-corrected chi connectivity index (χ3v) is 2.57. The Morgan fingerprint density at radius 3 is 3.00 bits per heavy atom. The van der Waals surface area contributed by atoms with E-state index in [1.807, 2.05) is 0 Å². The van der Waals surface area contributed by atoms with Gasteiger partial charge in [0.15, 0.2) is 0 Å². The van der Waals surface area contributed by atoms with E-state index in [0.29, 0.717) is 12.6 Å². The lowest BCUT2D eigenvalue weighted by atomic mass is 10.1. The van der Waals surface area contributed by atoms with E-state index in [2.05, 4.69) is 4.90 Å². The zero-order valence-corrected chi connectivity index (χ0v) is 8.00. The number of hydrogen-bond acceptors (Lipinski definition) is 3. The molecule has 4 heteroatoms. The molecule has 76 valence electrons. The number of hydrogen-bond donors (Lipinski definition) is 3. The van der Waals surface area contributed by atoms with Crippen molar-refractivity contribution in [1.29, 1.82) is 5.41 Å². The Labute approximate surface area is 79.2 Å². The van der Waals surface area contributed by atoms with Gasteiger partial charge in [-0.1, -0.05) is 0 Å². The van der Waals surface area contributed by atoms with Crippen LogP contribution in [-0.4, -0.2) is 41.6 Å². The van der Waals surface area contributed by atoms with Gasteiger partial charge in [-0.3, -0.25) is 10.3 Å². The first kappa shape index (κ1) is 10.5. The van der Waals surface area contributed by atoms with Gasteiger partial charge in [-0.25, -0.2) is 0 Å². The lowest BCUT2D eigenvalue weighted by Gasteiger charge is -2.23. The molecule has 1 aliphatic rings. The Morgan fingerprint density at radius 1 is 1.62 bits per heavy atom. The fourth-order valence-electron chi connectivity index (χ4n) is 1.98. The molecule has 0 amide bonds. The van der Waals surface area contributed by atoms with Gasteiger partial charge in [0.05, 0.1) is 6.54 Å². The predicted molar refractivity (Wildman–Crippen MR) is 52.8 cm³/mol. The molecule has 0 aromatic rings. The highest BCUT2D eigenvalue weighted by Gasteiger charge is 2.23. The minimum Gasteiger partial charge on any atom is -0.396 e. The lowest BCUT2D eigenvalue weighted by molar-refractivity contribution is 0.234. The Hall–Kier alpha value is -0.610. The van der Waals surface area contributed by atoms with Crippen LogP contribution in [0.4, 0.5) is 0 Å². The summed E-state index contributed by atoms with van der Waals surface area (Å²) in [4.78, 5) is 2.25. The third kappa shape index (κ3) is 3.32. The fourth-order valence-corrected chi connectivity index (χ4v) is 1.98. The lowest BCUT2D eigenvalue weighted by Crippen LogP contribution is -2.36. The molecule has 1 heterocycles. The van der Waals surface area contributed by atoms with E-state index < -0.39 is 0 Å². The summed E-state index contributed by atoms with van der Waals surface area (Å²) in [6.07, 6.45) is 4.28. The molecule has 1 saturated heterocycles. The molecule has 1 rings (SSSR count). The number of aliphatic hydroxyl groups excluding tert-OH is 1. The van der Waals surface area contributed by atoms with E-state index in [9.17, 15) is 0 Å². The van der Waals surface area contributed by atoms with Crippen LogP contribution >= 0.6 is 0 Å². The molecule has 4 N–H and O–H groups in total. The van der Waals surface area contributed by atoms with Crippen LogP contribution in [0.15, 0.2) is 0 Å². The van der Waals surface area contributed by atoms with E-state index in [-0.39, 0.29) is 12.4 Å². The van der Waals surface area contributed by atoms with Gasteiger partial charge < -0.3 is 10.8 Å². The van der Waals surface area contributed by atoms with E-state index in [0.717, 1.165) is 19.4 Å². The largest absolute Gasteiger partial charge is 0.396 e. The second kappa shape index (κ2) is 5.19. The molecular weight excluding hydrogens is 166 g/mol. The summed E-state index contributed by atoms with van der Waals surface area (Å²) >= 11 is 0. The number of amidine groups is 1. The summed E-state index contributed by atoms with van der Waals surface area (Å²) in [6.45, 7) is 1.91. The highest BCUT2D eigenvalue weighted by atomic mass is 16.2. The smallest absolute Gasteiger partial charge is 0.105 e. The summed E-state index contributed by atoms with van der Waals surface area (Å²) in [5.74, 6) is 0.246. The second-order valence-corrected chi connectivity index (χ2v) is 3.66. The van der Waals surface area contributed by atoms with Crippen molar-refractivity contribution >= 4 is 5.84 Å². The Morgan fingerprint density at radius 2 is 2.38 bits per heavy atom. The standard InChI is InChI=1S/C9H19N3O/c10-9(11)7-12-5-1-3-8(12)4-2-6-13/h8,13H,1-7H2,(H3,10,11). The summed E-state index contributed by atoms with van der Waals surface area (Å²) in [5, 5.41) is 15.9. The molecule has 0 radical (unpaired) electrons. The predicted octanol–water partition coefficient (Wildman–Crippen LogP) is 0.159. The Balaban J connectivity index is 2.30. The van der Waals surface area contributed by atoms with Crippen molar-refractivity contribution in [1.82, 2.24) is 4.90 Å². The number of rotatable bonds is 5. The highest BCUT2D eigenvalue weighted by molar-refractivity contribution is 5.79. The zero-order chi connectivity index (χ0) is 9.68. The number of nitrogens with two attached hydrogens (primary N) is 1. The zero-order valence-electron chi connectivity index (χ0n) is 8.00. The first-order valence-electron chi connectivity index (χ1n) is 4.92. The average molecular weight is 185 g/mol. The third-order valence-electron chi connectivity index (χ3n) is 2.57. The van der Waals surface area contributed by atoms with Crippen molar-refractivity contribution in [2.45, 2.75) is 31.7 Å². The number of aliphatic hydroxyl groups is 1. The monoisotopic (exact) mass is 185 g/mol. The molecule has 0 spiro atoms. The van der Waals surface area contributed by atoms with Crippen molar-refractivity contribution < 1.29 is 5.11 Å². The van der Waals surface area contributed by atoms with Gasteiger partial charge in [0.25, 0.3) is 0 Å². The SMILES string of the molecule is N=C(N)CN1CCCC1CCCO. The van der Waals surface area contributed by atoms with E-state index >= 15 is 0 Å². The normalized spacial score (nSPS) is 23.6. The molecular formula is C9H19N3O. The van der Waals surface area contributed by atoms with Crippen molar-refractivity contribution in [2.24, 2.45) is 5.73 Å². The summed E-state index contributed by atoms with van der Waals surface area (Å²) < 4.78 is 0. The van der Waals surface area contributed by atoms with Gasteiger partial charge in [-0.15, -0.1) is 0 Å². The van der Waals surface area contributed by atoms with Gasteiger partial charge >= 0.3 is 0 Å². The minimum atomic E-state index is 0.246. The first-order valence-corrected chi connectivity index (χ1v) is 4.92. The van der Waals surface area contributed by atoms with Crippen LogP contribution in [0.25, 0.3) is 0 Å². The maximum Gasteiger partial charge on any atom is 0.105 e. The number of nitrogens with one attached hydrogen (secondary N) is 1. The number of nitrogens with zero attached hydrogens (tertiary/aromatic N) is 1. The van der Waals surface area contributed by atoms with Gasteiger partial charge in [-0.05, 0) is 32.2 Å². The Kier molecular flexibility index (Phi) is 4.18. The van der Waals surface area contributed by atoms with Crippen LogP contribution in [0.1, 0.15) is 25.7 Å². The van der Waals surface area contributed by atoms with E-state index in [1.165, 1.54) is 12.8 Å². The Bertz CT molecular complexity index is 172. The quantitative estimate of drug-likeness (QED) is 0.422. The van der Waals surface area contributed by atoms with Gasteiger partial charge in [0.2, 0.25) is 0 Å². The fraction of sp³-hybridized carbons (Fsp3) is 0.889. The maximum atomic E-state index is 8.71. The molecule has 1 fully saturated rings. The van der Waals surface area contributed by atoms with Crippen LogP contribution in [0, 0.1) is 5.41 Å². The van der Waals surface area contributed by atoms with Crippen molar-refractivity contribution in [2.75, 3.05) is 19.7 Å². The molecule has 1 atom stereocenters. The van der Waals surface area contributed by atoms with Crippen molar-refractivity contribution in [3.8, 4) is 0 Å². The molecule has 0 aliphatic carbocycles. The van der Waals surface area contributed by atoms with Gasteiger partial charge in [0.1, 0.15) is 5.84 Å². The molecule has 1 aliphatic heterocycles. The van der Waals surface area contributed by atoms with Crippen LogP contribution in [-0.2, 0) is 0 Å². The van der Waals surface area contributed by atoms with Crippen LogP contribution in [0.2, 0.25) is 0 Å². The molecule has 13 heavy (non-hydrogen) atoms. The molecule has 0 saturated carbocycles. The molecule has 1 unspecified atom stereocenters. The van der Waals surface area contributed by atoms with Crippen LogP contribution < -0.4 is 5.73 Å². The number of likely N-dealkylation sites (tertiary alicyclic amines) is 1. The molecule has 4 nitrogen and oxygen atoms in total. The average Bonchev–Trinajstić information content (AvgIpc) is 2.48. The summed E-state index contributed by atoms with van der Waals surface area (Å²) in [5.41, 5.74) is 5.36. The van der Waals surface area contributed by atoms with Gasteiger partial charge in [0, 0.05) is 12.6 Å². The van der Waals surface area contributed by atoms with Crippen LogP contribution in [0.3, 0.4) is 0 Å². The maximum absolute atomic E-state index is 8.71. The topological polar surface area (TPSA) is 73.3 Å². The molecule has 0 aromatic carbocycles. The summed E-state index contributed by atoms with van der Waals surface area (Å²) in [7, 11) is 0. The molecule has 0 aromatic heterocycles. The van der Waals surface area contributed by atoms with Crippen molar-refractivity contribution in [3.63, 3.8) is 0 Å². The van der Waals surface area contributed by atoms with Gasteiger partial charge in [-0.2, -0.15) is 0 Å².